The number of pyridine rings is 1. The van der Waals surface area contributed by atoms with Crippen LogP contribution in [0.15, 0.2) is 47.6 Å². The summed E-state index contributed by atoms with van der Waals surface area (Å²) in [6.45, 7) is 7.00. The van der Waals surface area contributed by atoms with E-state index >= 15 is 0 Å². The van der Waals surface area contributed by atoms with Crippen LogP contribution in [0, 0.1) is 13.8 Å². The first-order chi connectivity index (χ1) is 13.0. The van der Waals surface area contributed by atoms with Gasteiger partial charge in [0.2, 0.25) is 5.88 Å². The summed E-state index contributed by atoms with van der Waals surface area (Å²) in [5, 5.41) is 4.84. The van der Waals surface area contributed by atoms with E-state index in [0.29, 0.717) is 16.9 Å². The maximum Gasteiger partial charge on any atom is 0.238 e. The summed E-state index contributed by atoms with van der Waals surface area (Å²) in [5.41, 5.74) is 2.95. The highest BCUT2D eigenvalue weighted by Gasteiger charge is 2.09. The smallest absolute Gasteiger partial charge is 0.238 e. The molecule has 27 heavy (non-hydrogen) atoms. The molecule has 2 aromatic heterocycles. The SMILES string of the molecule is CCN(C)/C=N/c1cc(C)c(Oc2ccn(-c3cccc(Cl)n3)n2)cc1C. The van der Waals surface area contributed by atoms with Crippen LogP contribution in [0.4, 0.5) is 5.69 Å². The zero-order chi connectivity index (χ0) is 19.4. The van der Waals surface area contributed by atoms with Gasteiger partial charge in [-0.15, -0.1) is 5.10 Å². The van der Waals surface area contributed by atoms with E-state index in [1.54, 1.807) is 23.0 Å². The molecule has 7 heteroatoms. The number of nitrogens with zero attached hydrogens (tertiary/aromatic N) is 5. The van der Waals surface area contributed by atoms with Crippen LogP contribution >= 0.6 is 11.6 Å². The van der Waals surface area contributed by atoms with E-state index in [0.717, 1.165) is 29.1 Å². The summed E-state index contributed by atoms with van der Waals surface area (Å²) < 4.78 is 7.60. The van der Waals surface area contributed by atoms with Gasteiger partial charge in [0, 0.05) is 25.9 Å². The molecule has 0 saturated carbocycles. The van der Waals surface area contributed by atoms with Crippen molar-refractivity contribution in [1.29, 1.82) is 0 Å². The van der Waals surface area contributed by atoms with E-state index in [9.17, 15) is 0 Å². The second kappa shape index (κ2) is 8.22. The molecule has 3 rings (SSSR count). The van der Waals surface area contributed by atoms with Crippen molar-refractivity contribution in [1.82, 2.24) is 19.7 Å². The number of ether oxygens (including phenoxy) is 1. The van der Waals surface area contributed by atoms with Crippen molar-refractivity contribution >= 4 is 23.6 Å². The third-order valence-electron chi connectivity index (χ3n) is 4.10. The van der Waals surface area contributed by atoms with Crippen LogP contribution < -0.4 is 4.74 Å². The fourth-order valence-corrected chi connectivity index (χ4v) is 2.55. The largest absolute Gasteiger partial charge is 0.437 e. The van der Waals surface area contributed by atoms with Crippen LogP contribution in [0.3, 0.4) is 0 Å². The van der Waals surface area contributed by atoms with Crippen LogP contribution in [0.25, 0.3) is 5.82 Å². The Morgan fingerprint density at radius 3 is 2.78 bits per heavy atom. The molecule has 0 unspecified atom stereocenters. The first-order valence-corrected chi connectivity index (χ1v) is 9.06. The lowest BCUT2D eigenvalue weighted by Gasteiger charge is -2.11. The molecule has 1 aromatic carbocycles. The van der Waals surface area contributed by atoms with Gasteiger partial charge in [0.15, 0.2) is 5.82 Å². The lowest BCUT2D eigenvalue weighted by atomic mass is 10.1. The molecule has 2 heterocycles. The van der Waals surface area contributed by atoms with Gasteiger partial charge in [0.1, 0.15) is 10.9 Å². The first-order valence-electron chi connectivity index (χ1n) is 8.68. The van der Waals surface area contributed by atoms with Crippen molar-refractivity contribution in [3.63, 3.8) is 0 Å². The van der Waals surface area contributed by atoms with Gasteiger partial charge in [-0.1, -0.05) is 17.7 Å². The van der Waals surface area contributed by atoms with Gasteiger partial charge in [-0.2, -0.15) is 0 Å². The Hall–Kier alpha value is -2.86. The molecular weight excluding hydrogens is 362 g/mol. The van der Waals surface area contributed by atoms with Gasteiger partial charge in [-0.05, 0) is 56.2 Å². The first kappa shape index (κ1) is 18.9. The normalized spacial score (nSPS) is 11.1. The lowest BCUT2D eigenvalue weighted by molar-refractivity contribution is 0.453. The minimum Gasteiger partial charge on any atom is -0.437 e. The van der Waals surface area contributed by atoms with E-state index in [2.05, 4.69) is 22.0 Å². The zero-order valence-corrected chi connectivity index (χ0v) is 16.6. The van der Waals surface area contributed by atoms with Gasteiger partial charge in [-0.25, -0.2) is 14.7 Å². The molecule has 0 aliphatic heterocycles. The number of benzene rings is 1. The number of halogens is 1. The predicted octanol–water partition coefficient (Wildman–Crippen LogP) is 4.94. The molecule has 0 N–H and O–H groups in total. The zero-order valence-electron chi connectivity index (χ0n) is 15.8. The standard InChI is InChI=1S/C20H22ClN5O/c1-5-25(4)13-22-16-11-15(3)17(12-14(16)2)27-20-9-10-26(24-20)19-8-6-7-18(21)23-19/h6-13H,5H2,1-4H3/b22-13+. The highest BCUT2D eigenvalue weighted by Crippen LogP contribution is 2.31. The monoisotopic (exact) mass is 383 g/mol. The summed E-state index contributed by atoms with van der Waals surface area (Å²) in [7, 11) is 1.99. The van der Waals surface area contributed by atoms with Gasteiger partial charge < -0.3 is 9.64 Å². The minimum absolute atomic E-state index is 0.418. The topological polar surface area (TPSA) is 55.5 Å². The van der Waals surface area contributed by atoms with Crippen LogP contribution in [0.2, 0.25) is 5.15 Å². The third kappa shape index (κ3) is 4.65. The minimum atomic E-state index is 0.418. The van der Waals surface area contributed by atoms with Crippen molar-refractivity contribution in [3.05, 3.63) is 58.9 Å². The summed E-state index contributed by atoms with van der Waals surface area (Å²) in [5.74, 6) is 1.87. The van der Waals surface area contributed by atoms with E-state index in [1.165, 1.54) is 0 Å². The number of hydrogen-bond acceptors (Lipinski definition) is 4. The number of aromatic nitrogens is 3. The van der Waals surface area contributed by atoms with Crippen LogP contribution in [0.5, 0.6) is 11.6 Å². The molecule has 0 radical (unpaired) electrons. The van der Waals surface area contributed by atoms with Crippen molar-refractivity contribution in [2.75, 3.05) is 13.6 Å². The van der Waals surface area contributed by atoms with Crippen molar-refractivity contribution in [3.8, 4) is 17.4 Å². The highest BCUT2D eigenvalue weighted by molar-refractivity contribution is 6.29. The molecule has 0 fully saturated rings. The van der Waals surface area contributed by atoms with Crippen LogP contribution in [-0.2, 0) is 0 Å². The number of rotatable bonds is 6. The molecule has 0 spiro atoms. The number of aliphatic imine (C=N–C) groups is 1. The summed E-state index contributed by atoms with van der Waals surface area (Å²) >= 11 is 5.94. The lowest BCUT2D eigenvalue weighted by Crippen LogP contribution is -2.14. The number of hydrogen-bond donors (Lipinski definition) is 0. The summed E-state index contributed by atoms with van der Waals surface area (Å²) in [4.78, 5) is 10.8. The quantitative estimate of drug-likeness (QED) is 0.343. The van der Waals surface area contributed by atoms with Crippen molar-refractivity contribution in [2.45, 2.75) is 20.8 Å². The Morgan fingerprint density at radius 1 is 1.22 bits per heavy atom. The van der Waals surface area contributed by atoms with Crippen molar-refractivity contribution in [2.24, 2.45) is 4.99 Å². The van der Waals surface area contributed by atoms with Crippen LogP contribution in [0.1, 0.15) is 18.1 Å². The average molecular weight is 384 g/mol. The molecule has 6 nitrogen and oxygen atoms in total. The Labute approximate surface area is 164 Å². The van der Waals surface area contributed by atoms with E-state index < -0.39 is 0 Å². The van der Waals surface area contributed by atoms with Gasteiger partial charge in [0.05, 0.1) is 12.0 Å². The average Bonchev–Trinajstić information content (AvgIpc) is 3.11. The maximum absolute atomic E-state index is 5.97. The molecule has 140 valence electrons. The van der Waals surface area contributed by atoms with E-state index in [1.807, 2.05) is 56.4 Å². The Morgan fingerprint density at radius 2 is 2.04 bits per heavy atom. The van der Waals surface area contributed by atoms with Gasteiger partial charge in [0.25, 0.3) is 0 Å². The Bertz CT molecular complexity index is 967. The fourth-order valence-electron chi connectivity index (χ4n) is 2.39. The molecule has 3 aromatic rings. The third-order valence-corrected chi connectivity index (χ3v) is 4.31. The Balaban J connectivity index is 1.80. The van der Waals surface area contributed by atoms with E-state index in [-0.39, 0.29) is 0 Å². The van der Waals surface area contributed by atoms with E-state index in [4.69, 9.17) is 16.3 Å². The van der Waals surface area contributed by atoms with Gasteiger partial charge in [-0.3, -0.25) is 0 Å². The van der Waals surface area contributed by atoms with Gasteiger partial charge >= 0.3 is 0 Å². The molecule has 0 atom stereocenters. The number of aryl methyl sites for hydroxylation is 2. The fraction of sp³-hybridized carbons (Fsp3) is 0.250. The summed E-state index contributed by atoms with van der Waals surface area (Å²) in [6, 6.07) is 11.2. The predicted molar refractivity (Wildman–Crippen MR) is 109 cm³/mol. The summed E-state index contributed by atoms with van der Waals surface area (Å²) in [6.07, 6.45) is 3.62. The van der Waals surface area contributed by atoms with Crippen molar-refractivity contribution < 1.29 is 4.74 Å². The Kier molecular flexibility index (Phi) is 5.76. The molecular formula is C20H22ClN5O. The van der Waals surface area contributed by atoms with Crippen LogP contribution in [-0.4, -0.2) is 39.6 Å². The molecule has 0 aliphatic carbocycles. The highest BCUT2D eigenvalue weighted by atomic mass is 35.5. The molecule has 0 bridgehead atoms. The second-order valence-corrected chi connectivity index (χ2v) is 6.63. The molecule has 0 saturated heterocycles. The molecule has 0 aliphatic rings. The molecule has 0 amide bonds. The second-order valence-electron chi connectivity index (χ2n) is 6.24. The maximum atomic E-state index is 5.97.